The van der Waals surface area contributed by atoms with Gasteiger partial charge < -0.3 is 15.8 Å². The van der Waals surface area contributed by atoms with Crippen LogP contribution in [0.15, 0.2) is 18.2 Å². The molecule has 1 rings (SSSR count). The number of unbranched alkanes of at least 4 members (excludes halogenated alkanes) is 2. The third kappa shape index (κ3) is 4.94. The second-order valence-corrected chi connectivity index (χ2v) is 4.38. The lowest BCUT2D eigenvalue weighted by Gasteiger charge is -2.08. The van der Waals surface area contributed by atoms with E-state index in [4.69, 9.17) is 10.5 Å². The number of amides is 1. The molecular weight excluding hydrogens is 252 g/mol. The van der Waals surface area contributed by atoms with Gasteiger partial charge in [-0.1, -0.05) is 31.6 Å². The van der Waals surface area contributed by atoms with Crippen LogP contribution in [0.25, 0.3) is 0 Å². The zero-order chi connectivity index (χ0) is 14.8. The molecule has 0 saturated carbocycles. The molecule has 0 spiro atoms. The summed E-state index contributed by atoms with van der Waals surface area (Å²) in [7, 11) is 1.58. The smallest absolute Gasteiger partial charge is 0.251 e. The van der Waals surface area contributed by atoms with E-state index in [9.17, 15) is 4.79 Å². The van der Waals surface area contributed by atoms with Gasteiger partial charge in [-0.3, -0.25) is 4.79 Å². The van der Waals surface area contributed by atoms with Gasteiger partial charge in [-0.25, -0.2) is 0 Å². The normalized spacial score (nSPS) is 9.55. The van der Waals surface area contributed by atoms with E-state index in [1.807, 2.05) is 0 Å². The topological polar surface area (TPSA) is 64.3 Å². The van der Waals surface area contributed by atoms with Crippen LogP contribution in [0, 0.1) is 11.8 Å². The van der Waals surface area contributed by atoms with E-state index in [2.05, 4.69) is 24.1 Å². The second-order valence-electron chi connectivity index (χ2n) is 4.38. The van der Waals surface area contributed by atoms with Crippen molar-refractivity contribution in [3.8, 4) is 17.6 Å². The molecule has 0 bridgehead atoms. The number of hydrogen-bond acceptors (Lipinski definition) is 3. The van der Waals surface area contributed by atoms with Crippen molar-refractivity contribution in [3.63, 3.8) is 0 Å². The highest BCUT2D eigenvalue weighted by molar-refractivity contribution is 5.94. The average Bonchev–Trinajstić information content (AvgIpc) is 2.49. The molecule has 20 heavy (non-hydrogen) atoms. The van der Waals surface area contributed by atoms with E-state index < -0.39 is 0 Å². The first kappa shape index (κ1) is 16.1. The SMILES string of the molecule is CCCCCNC(=O)c1ccc(OC)c(C#CCN)c1. The van der Waals surface area contributed by atoms with Gasteiger partial charge in [-0.05, 0) is 24.6 Å². The van der Waals surface area contributed by atoms with Gasteiger partial charge in [0.2, 0.25) is 0 Å². The summed E-state index contributed by atoms with van der Waals surface area (Å²) in [4.78, 5) is 12.0. The second kappa shape index (κ2) is 9.00. The van der Waals surface area contributed by atoms with Crippen molar-refractivity contribution < 1.29 is 9.53 Å². The molecule has 3 N–H and O–H groups in total. The van der Waals surface area contributed by atoms with Gasteiger partial charge >= 0.3 is 0 Å². The maximum Gasteiger partial charge on any atom is 0.251 e. The monoisotopic (exact) mass is 274 g/mol. The Balaban J connectivity index is 2.77. The Bertz CT molecular complexity index is 501. The molecule has 0 aliphatic heterocycles. The molecule has 0 aliphatic rings. The molecule has 0 heterocycles. The Morgan fingerprint density at radius 2 is 2.20 bits per heavy atom. The van der Waals surface area contributed by atoms with Crippen molar-refractivity contribution in [3.05, 3.63) is 29.3 Å². The minimum Gasteiger partial charge on any atom is -0.495 e. The Kier molecular flexibility index (Phi) is 7.23. The molecule has 0 radical (unpaired) electrons. The van der Waals surface area contributed by atoms with E-state index >= 15 is 0 Å². The Morgan fingerprint density at radius 1 is 1.40 bits per heavy atom. The first-order valence-electron chi connectivity index (χ1n) is 6.88. The summed E-state index contributed by atoms with van der Waals surface area (Å²) in [5, 5.41) is 2.90. The van der Waals surface area contributed by atoms with Crippen LogP contribution in [0.4, 0.5) is 0 Å². The maximum atomic E-state index is 12.0. The van der Waals surface area contributed by atoms with Crippen LogP contribution in [0.3, 0.4) is 0 Å². The minimum absolute atomic E-state index is 0.0837. The zero-order valence-electron chi connectivity index (χ0n) is 12.2. The van der Waals surface area contributed by atoms with Crippen LogP contribution in [-0.4, -0.2) is 26.1 Å². The molecule has 108 valence electrons. The third-order valence-corrected chi connectivity index (χ3v) is 2.85. The third-order valence-electron chi connectivity index (χ3n) is 2.85. The van der Waals surface area contributed by atoms with Gasteiger partial charge in [0.25, 0.3) is 5.91 Å². The van der Waals surface area contributed by atoms with Gasteiger partial charge in [0.15, 0.2) is 0 Å². The number of methoxy groups -OCH3 is 1. The highest BCUT2D eigenvalue weighted by atomic mass is 16.5. The van der Waals surface area contributed by atoms with E-state index in [1.165, 1.54) is 0 Å². The summed E-state index contributed by atoms with van der Waals surface area (Å²) in [5.74, 6) is 6.25. The first-order valence-corrected chi connectivity index (χ1v) is 6.88. The van der Waals surface area contributed by atoms with E-state index in [0.29, 0.717) is 23.4 Å². The van der Waals surface area contributed by atoms with Crippen LogP contribution < -0.4 is 15.8 Å². The molecule has 4 nitrogen and oxygen atoms in total. The summed E-state index contributed by atoms with van der Waals surface area (Å²) in [6, 6.07) is 5.22. The lowest BCUT2D eigenvalue weighted by Crippen LogP contribution is -2.24. The molecule has 0 aliphatic carbocycles. The Morgan fingerprint density at radius 3 is 2.85 bits per heavy atom. The highest BCUT2D eigenvalue weighted by Crippen LogP contribution is 2.18. The molecular formula is C16H22N2O2. The van der Waals surface area contributed by atoms with E-state index in [1.54, 1.807) is 25.3 Å². The fourth-order valence-corrected chi connectivity index (χ4v) is 1.77. The van der Waals surface area contributed by atoms with Crippen LogP contribution in [0.2, 0.25) is 0 Å². The first-order chi connectivity index (χ1) is 9.72. The predicted octanol–water partition coefficient (Wildman–Crippen LogP) is 1.93. The Hall–Kier alpha value is -1.99. The summed E-state index contributed by atoms with van der Waals surface area (Å²) < 4.78 is 5.22. The zero-order valence-corrected chi connectivity index (χ0v) is 12.2. The largest absolute Gasteiger partial charge is 0.495 e. The number of nitrogens with two attached hydrogens (primary N) is 1. The lowest BCUT2D eigenvalue weighted by atomic mass is 10.1. The summed E-state index contributed by atoms with van der Waals surface area (Å²) in [5.41, 5.74) is 6.63. The number of ether oxygens (including phenoxy) is 1. The van der Waals surface area contributed by atoms with Gasteiger partial charge in [-0.2, -0.15) is 0 Å². The van der Waals surface area contributed by atoms with E-state index in [0.717, 1.165) is 19.3 Å². The van der Waals surface area contributed by atoms with Gasteiger partial charge in [0.05, 0.1) is 19.2 Å². The molecule has 0 saturated heterocycles. The standard InChI is InChI=1S/C16H22N2O2/c1-3-4-5-11-18-16(19)14-8-9-15(20-2)13(12-14)7-6-10-17/h8-9,12H,3-5,10-11,17H2,1-2H3,(H,18,19). The summed E-state index contributed by atoms with van der Waals surface area (Å²) in [6.45, 7) is 3.10. The molecule has 0 unspecified atom stereocenters. The maximum absolute atomic E-state index is 12.0. The van der Waals surface area contributed by atoms with Crippen LogP contribution in [-0.2, 0) is 0 Å². The van der Waals surface area contributed by atoms with E-state index in [-0.39, 0.29) is 12.5 Å². The van der Waals surface area contributed by atoms with Crippen molar-refractivity contribution in [2.75, 3.05) is 20.2 Å². The Labute approximate surface area is 120 Å². The molecule has 1 aromatic rings. The number of benzene rings is 1. The van der Waals surface area contributed by atoms with Crippen molar-refractivity contribution in [1.29, 1.82) is 0 Å². The molecule has 4 heteroatoms. The average molecular weight is 274 g/mol. The molecule has 0 aromatic heterocycles. The molecule has 0 fully saturated rings. The van der Waals surface area contributed by atoms with Gasteiger partial charge in [0, 0.05) is 12.1 Å². The minimum atomic E-state index is -0.0837. The lowest BCUT2D eigenvalue weighted by molar-refractivity contribution is 0.0953. The number of carbonyl (C=O) groups is 1. The van der Waals surface area contributed by atoms with Crippen LogP contribution >= 0.6 is 0 Å². The fraction of sp³-hybridized carbons (Fsp3) is 0.438. The van der Waals surface area contributed by atoms with Crippen molar-refractivity contribution in [2.45, 2.75) is 26.2 Å². The predicted molar refractivity (Wildman–Crippen MR) is 80.8 cm³/mol. The van der Waals surface area contributed by atoms with Crippen molar-refractivity contribution >= 4 is 5.91 Å². The van der Waals surface area contributed by atoms with Gasteiger partial charge in [0.1, 0.15) is 5.75 Å². The van der Waals surface area contributed by atoms with Crippen LogP contribution in [0.5, 0.6) is 5.75 Å². The highest BCUT2D eigenvalue weighted by Gasteiger charge is 2.08. The van der Waals surface area contributed by atoms with Crippen molar-refractivity contribution in [1.82, 2.24) is 5.32 Å². The summed E-state index contributed by atoms with van der Waals surface area (Å²) in [6.07, 6.45) is 3.26. The summed E-state index contributed by atoms with van der Waals surface area (Å²) >= 11 is 0. The fourth-order valence-electron chi connectivity index (χ4n) is 1.77. The van der Waals surface area contributed by atoms with Crippen molar-refractivity contribution in [2.24, 2.45) is 5.73 Å². The number of nitrogens with one attached hydrogen (secondary N) is 1. The molecule has 1 aromatic carbocycles. The number of carbonyl (C=O) groups excluding carboxylic acids is 1. The number of rotatable bonds is 6. The van der Waals surface area contributed by atoms with Gasteiger partial charge in [-0.15, -0.1) is 0 Å². The molecule has 0 atom stereocenters. The molecule has 1 amide bonds. The number of hydrogen-bond donors (Lipinski definition) is 2. The quantitative estimate of drug-likeness (QED) is 0.615. The van der Waals surface area contributed by atoms with Crippen LogP contribution in [0.1, 0.15) is 42.1 Å².